The molecule has 0 aliphatic carbocycles. The predicted molar refractivity (Wildman–Crippen MR) is 48.0 cm³/mol. The molecule has 1 aromatic rings. The Morgan fingerprint density at radius 2 is 2.13 bits per heavy atom. The molecule has 0 aromatic carbocycles. The fourth-order valence-electron chi connectivity index (χ4n) is 1.12. The van der Waals surface area contributed by atoms with Gasteiger partial charge in [-0.3, -0.25) is 9.36 Å². The Morgan fingerprint density at radius 3 is 2.60 bits per heavy atom. The number of aromatic nitrogens is 1. The maximum absolute atomic E-state index is 12.3. The van der Waals surface area contributed by atoms with E-state index in [9.17, 15) is 18.4 Å². The molecule has 1 rings (SSSR count). The number of hydrogen-bond acceptors (Lipinski definition) is 3. The molecule has 0 amide bonds. The minimum atomic E-state index is -2.97. The lowest BCUT2D eigenvalue weighted by Crippen LogP contribution is -2.22. The van der Waals surface area contributed by atoms with E-state index in [1.165, 1.54) is 6.92 Å². The van der Waals surface area contributed by atoms with Crippen LogP contribution in [0.25, 0.3) is 0 Å². The van der Waals surface area contributed by atoms with Gasteiger partial charge < -0.3 is 4.74 Å². The van der Waals surface area contributed by atoms with Crippen LogP contribution in [-0.4, -0.2) is 17.6 Å². The maximum atomic E-state index is 12.3. The summed E-state index contributed by atoms with van der Waals surface area (Å²) in [5, 5.41) is 0. The maximum Gasteiger partial charge on any atom is 0.339 e. The lowest BCUT2D eigenvalue weighted by molar-refractivity contribution is 0.0577. The average Bonchev–Trinajstić information content (AvgIpc) is 2.16. The topological polar surface area (TPSA) is 48.3 Å². The standard InChI is InChI=1S/C9H9F2NO3/c1-5-3-7(13)12(9(10)11)4-6(5)8(14)15-2/h3-4,9H,1-2H3. The third-order valence-corrected chi connectivity index (χ3v) is 1.90. The molecule has 15 heavy (non-hydrogen) atoms. The number of halogens is 2. The molecular weight excluding hydrogens is 208 g/mol. The van der Waals surface area contributed by atoms with Crippen molar-refractivity contribution >= 4 is 5.97 Å². The van der Waals surface area contributed by atoms with Gasteiger partial charge in [-0.1, -0.05) is 0 Å². The molecule has 82 valence electrons. The van der Waals surface area contributed by atoms with Crippen molar-refractivity contribution in [1.29, 1.82) is 0 Å². The van der Waals surface area contributed by atoms with Gasteiger partial charge in [-0.2, -0.15) is 8.78 Å². The average molecular weight is 217 g/mol. The van der Waals surface area contributed by atoms with Crippen LogP contribution >= 0.6 is 0 Å². The first-order valence-corrected chi connectivity index (χ1v) is 4.06. The van der Waals surface area contributed by atoms with Gasteiger partial charge in [0.05, 0.1) is 12.7 Å². The number of pyridine rings is 1. The van der Waals surface area contributed by atoms with Gasteiger partial charge in [0, 0.05) is 12.3 Å². The molecule has 0 saturated carbocycles. The molecule has 0 fully saturated rings. The summed E-state index contributed by atoms with van der Waals surface area (Å²) in [6.07, 6.45) is 0.800. The molecule has 0 spiro atoms. The van der Waals surface area contributed by atoms with Gasteiger partial charge in [0.25, 0.3) is 5.56 Å². The molecule has 4 nitrogen and oxygen atoms in total. The predicted octanol–water partition coefficient (Wildman–Crippen LogP) is 1.34. The number of esters is 1. The van der Waals surface area contributed by atoms with E-state index in [0.717, 1.165) is 19.4 Å². The van der Waals surface area contributed by atoms with Gasteiger partial charge in [-0.05, 0) is 12.5 Å². The number of rotatable bonds is 2. The summed E-state index contributed by atoms with van der Waals surface area (Å²) < 4.78 is 29.2. The van der Waals surface area contributed by atoms with E-state index in [1.54, 1.807) is 0 Å². The second-order valence-electron chi connectivity index (χ2n) is 2.88. The molecule has 1 aromatic heterocycles. The third kappa shape index (κ3) is 2.20. The van der Waals surface area contributed by atoms with Gasteiger partial charge >= 0.3 is 12.5 Å². The molecule has 0 aliphatic heterocycles. The Balaban J connectivity index is 3.36. The summed E-state index contributed by atoms with van der Waals surface area (Å²) in [5.41, 5.74) is -0.587. The first kappa shape index (κ1) is 11.4. The lowest BCUT2D eigenvalue weighted by Gasteiger charge is -2.08. The van der Waals surface area contributed by atoms with Crippen molar-refractivity contribution < 1.29 is 18.3 Å². The van der Waals surface area contributed by atoms with Crippen LogP contribution < -0.4 is 5.56 Å². The number of aryl methyl sites for hydroxylation is 1. The summed E-state index contributed by atoms with van der Waals surface area (Å²) in [6, 6.07) is 0.971. The van der Waals surface area contributed by atoms with E-state index < -0.39 is 18.1 Å². The highest BCUT2D eigenvalue weighted by Gasteiger charge is 2.15. The second-order valence-corrected chi connectivity index (χ2v) is 2.88. The molecule has 0 unspecified atom stereocenters. The van der Waals surface area contributed by atoms with Gasteiger partial charge in [-0.15, -0.1) is 0 Å². The van der Waals surface area contributed by atoms with E-state index in [4.69, 9.17) is 0 Å². The van der Waals surface area contributed by atoms with E-state index in [0.29, 0.717) is 5.56 Å². The molecule has 0 bridgehead atoms. The van der Waals surface area contributed by atoms with Crippen molar-refractivity contribution in [3.63, 3.8) is 0 Å². The number of ether oxygens (including phenoxy) is 1. The molecule has 6 heteroatoms. The molecule has 0 radical (unpaired) electrons. The zero-order valence-corrected chi connectivity index (χ0v) is 8.16. The fourth-order valence-corrected chi connectivity index (χ4v) is 1.12. The SMILES string of the molecule is COC(=O)c1cn(C(F)F)c(=O)cc1C. The Bertz CT molecular complexity index is 439. The lowest BCUT2D eigenvalue weighted by atomic mass is 10.1. The Hall–Kier alpha value is -1.72. The van der Waals surface area contributed by atoms with E-state index >= 15 is 0 Å². The number of carbonyl (C=O) groups excluding carboxylic acids is 1. The summed E-state index contributed by atoms with van der Waals surface area (Å²) >= 11 is 0. The number of carbonyl (C=O) groups is 1. The molecule has 1 heterocycles. The molecule has 0 N–H and O–H groups in total. The summed E-state index contributed by atoms with van der Waals surface area (Å²) in [4.78, 5) is 22.2. The largest absolute Gasteiger partial charge is 0.465 e. The van der Waals surface area contributed by atoms with Crippen molar-refractivity contribution in [1.82, 2.24) is 4.57 Å². The number of hydrogen-bond donors (Lipinski definition) is 0. The van der Waals surface area contributed by atoms with Crippen molar-refractivity contribution in [3.05, 3.63) is 33.7 Å². The van der Waals surface area contributed by atoms with Gasteiger partial charge in [-0.25, -0.2) is 4.79 Å². The zero-order valence-electron chi connectivity index (χ0n) is 8.16. The van der Waals surface area contributed by atoms with E-state index in [-0.39, 0.29) is 10.1 Å². The normalized spacial score (nSPS) is 10.5. The van der Waals surface area contributed by atoms with Crippen molar-refractivity contribution in [2.75, 3.05) is 7.11 Å². The molecule has 0 saturated heterocycles. The van der Waals surface area contributed by atoms with Crippen LogP contribution in [0.3, 0.4) is 0 Å². The highest BCUT2D eigenvalue weighted by atomic mass is 19.3. The molecular formula is C9H9F2NO3. The van der Waals surface area contributed by atoms with Crippen LogP contribution in [0.15, 0.2) is 17.1 Å². The smallest absolute Gasteiger partial charge is 0.339 e. The molecule has 0 atom stereocenters. The third-order valence-electron chi connectivity index (χ3n) is 1.90. The quantitative estimate of drug-likeness (QED) is 0.702. The van der Waals surface area contributed by atoms with Crippen molar-refractivity contribution in [3.8, 4) is 0 Å². The summed E-state index contributed by atoms with van der Waals surface area (Å²) in [7, 11) is 1.14. The van der Waals surface area contributed by atoms with Gasteiger partial charge in [0.1, 0.15) is 0 Å². The monoisotopic (exact) mass is 217 g/mol. The van der Waals surface area contributed by atoms with Crippen molar-refractivity contribution in [2.45, 2.75) is 13.5 Å². The van der Waals surface area contributed by atoms with Crippen LogP contribution in [0.5, 0.6) is 0 Å². The van der Waals surface area contributed by atoms with E-state index in [1.807, 2.05) is 0 Å². The zero-order chi connectivity index (χ0) is 11.6. The van der Waals surface area contributed by atoms with Crippen LogP contribution in [0.2, 0.25) is 0 Å². The van der Waals surface area contributed by atoms with Gasteiger partial charge in [0.15, 0.2) is 0 Å². The first-order chi connectivity index (χ1) is 6.97. The van der Waals surface area contributed by atoms with Gasteiger partial charge in [0.2, 0.25) is 0 Å². The van der Waals surface area contributed by atoms with Crippen LogP contribution in [0.1, 0.15) is 22.5 Å². The Labute approximate surface area is 84.1 Å². The van der Waals surface area contributed by atoms with Crippen LogP contribution in [0, 0.1) is 6.92 Å². The Kier molecular flexibility index (Phi) is 3.18. The fraction of sp³-hybridized carbons (Fsp3) is 0.333. The van der Waals surface area contributed by atoms with Crippen molar-refractivity contribution in [2.24, 2.45) is 0 Å². The second kappa shape index (κ2) is 4.20. The number of nitrogens with zero attached hydrogens (tertiary/aromatic N) is 1. The molecule has 0 aliphatic rings. The highest BCUT2D eigenvalue weighted by Crippen LogP contribution is 2.11. The van der Waals surface area contributed by atoms with Crippen LogP contribution in [-0.2, 0) is 4.74 Å². The number of methoxy groups -OCH3 is 1. The van der Waals surface area contributed by atoms with Crippen LogP contribution in [0.4, 0.5) is 8.78 Å². The Morgan fingerprint density at radius 1 is 1.53 bits per heavy atom. The highest BCUT2D eigenvalue weighted by molar-refractivity contribution is 5.90. The minimum Gasteiger partial charge on any atom is -0.465 e. The first-order valence-electron chi connectivity index (χ1n) is 4.06. The minimum absolute atomic E-state index is 0.0441. The summed E-state index contributed by atoms with van der Waals surface area (Å²) in [5.74, 6) is -0.748. The summed E-state index contributed by atoms with van der Waals surface area (Å²) in [6.45, 7) is -1.50. The van der Waals surface area contributed by atoms with E-state index in [2.05, 4.69) is 4.74 Å². The number of alkyl halides is 2.